The third kappa shape index (κ3) is 6.72. The summed E-state index contributed by atoms with van der Waals surface area (Å²) in [7, 11) is 0. The number of hydrogen-bond acceptors (Lipinski definition) is 2. The van der Waals surface area contributed by atoms with E-state index >= 15 is 0 Å². The summed E-state index contributed by atoms with van der Waals surface area (Å²) < 4.78 is 0. The number of nitrogens with two attached hydrogens (primary N) is 1. The lowest BCUT2D eigenvalue weighted by Crippen LogP contribution is -2.44. The Morgan fingerprint density at radius 3 is 2.62 bits per heavy atom. The van der Waals surface area contributed by atoms with Crippen LogP contribution in [0.4, 0.5) is 0 Å². The van der Waals surface area contributed by atoms with E-state index in [-0.39, 0.29) is 24.0 Å². The standard InChI is InChI=1S/C16H32N4.HI/c1-13-7-6-10-20(12-13)14(2)11-18-16(17)19-15-8-4-3-5-9-15;/h13-15H,3-12H2,1-2H3,(H3,17,18,19);1H. The smallest absolute Gasteiger partial charge is 0.188 e. The molecule has 0 radical (unpaired) electrons. The van der Waals surface area contributed by atoms with Crippen LogP contribution in [0.5, 0.6) is 0 Å². The van der Waals surface area contributed by atoms with Crippen molar-refractivity contribution in [3.05, 3.63) is 0 Å². The number of piperidine rings is 1. The van der Waals surface area contributed by atoms with Gasteiger partial charge in [-0.05, 0) is 45.1 Å². The van der Waals surface area contributed by atoms with Crippen LogP contribution in [0.15, 0.2) is 4.99 Å². The lowest BCUT2D eigenvalue weighted by molar-refractivity contribution is 0.142. The van der Waals surface area contributed by atoms with E-state index in [2.05, 4.69) is 29.1 Å². The van der Waals surface area contributed by atoms with Gasteiger partial charge in [0.05, 0.1) is 6.54 Å². The highest BCUT2D eigenvalue weighted by molar-refractivity contribution is 14.0. The van der Waals surface area contributed by atoms with Gasteiger partial charge in [0, 0.05) is 18.6 Å². The van der Waals surface area contributed by atoms with E-state index in [0.29, 0.717) is 18.0 Å². The van der Waals surface area contributed by atoms with Crippen molar-refractivity contribution in [2.24, 2.45) is 16.6 Å². The Bertz CT molecular complexity index is 315. The summed E-state index contributed by atoms with van der Waals surface area (Å²) in [6, 6.07) is 1.06. The van der Waals surface area contributed by atoms with Crippen molar-refractivity contribution in [3.63, 3.8) is 0 Å². The summed E-state index contributed by atoms with van der Waals surface area (Å²) in [5.74, 6) is 1.47. The molecule has 4 nitrogen and oxygen atoms in total. The van der Waals surface area contributed by atoms with Crippen LogP contribution in [-0.2, 0) is 0 Å². The quantitative estimate of drug-likeness (QED) is 0.427. The first-order valence-electron chi connectivity index (χ1n) is 8.45. The summed E-state index contributed by atoms with van der Waals surface area (Å²) in [5, 5.41) is 3.40. The Morgan fingerprint density at radius 1 is 1.24 bits per heavy atom. The molecule has 1 saturated heterocycles. The molecule has 124 valence electrons. The molecule has 3 N–H and O–H groups in total. The van der Waals surface area contributed by atoms with Crippen LogP contribution in [0.3, 0.4) is 0 Å². The van der Waals surface area contributed by atoms with Crippen molar-refractivity contribution in [3.8, 4) is 0 Å². The highest BCUT2D eigenvalue weighted by atomic mass is 127. The molecule has 0 aromatic carbocycles. The van der Waals surface area contributed by atoms with Crippen LogP contribution < -0.4 is 11.1 Å². The summed E-state index contributed by atoms with van der Waals surface area (Å²) in [6.45, 7) is 7.87. The van der Waals surface area contributed by atoms with Crippen LogP contribution >= 0.6 is 24.0 Å². The molecule has 1 aliphatic heterocycles. The molecule has 2 aliphatic rings. The average Bonchev–Trinajstić information content (AvgIpc) is 2.46. The maximum atomic E-state index is 6.03. The lowest BCUT2D eigenvalue weighted by atomic mass is 9.96. The number of hydrogen-bond donors (Lipinski definition) is 2. The molecule has 2 atom stereocenters. The molecule has 0 spiro atoms. The molecule has 2 unspecified atom stereocenters. The molecule has 0 amide bonds. The number of likely N-dealkylation sites (tertiary alicyclic amines) is 1. The Balaban J connectivity index is 0.00000220. The third-order valence-corrected chi connectivity index (χ3v) is 4.79. The van der Waals surface area contributed by atoms with Crippen LogP contribution in [0.25, 0.3) is 0 Å². The zero-order chi connectivity index (χ0) is 14.4. The molecule has 0 aromatic rings. The fraction of sp³-hybridized carbons (Fsp3) is 0.938. The van der Waals surface area contributed by atoms with Gasteiger partial charge >= 0.3 is 0 Å². The molecule has 5 heteroatoms. The minimum absolute atomic E-state index is 0. The maximum Gasteiger partial charge on any atom is 0.188 e. The Kier molecular flexibility index (Phi) is 8.94. The molecular formula is C16H33IN4. The average molecular weight is 408 g/mol. The minimum atomic E-state index is 0. The van der Waals surface area contributed by atoms with Gasteiger partial charge in [-0.25, -0.2) is 0 Å². The highest BCUT2D eigenvalue weighted by Gasteiger charge is 2.20. The van der Waals surface area contributed by atoms with Crippen LogP contribution in [0, 0.1) is 5.92 Å². The van der Waals surface area contributed by atoms with Gasteiger partial charge in [0.1, 0.15) is 0 Å². The Labute approximate surface area is 147 Å². The first-order valence-corrected chi connectivity index (χ1v) is 8.45. The predicted molar refractivity (Wildman–Crippen MR) is 101 cm³/mol. The molecule has 2 fully saturated rings. The van der Waals surface area contributed by atoms with E-state index in [1.165, 1.54) is 58.0 Å². The molecule has 21 heavy (non-hydrogen) atoms. The number of aliphatic imine (C=N–C) groups is 1. The number of nitrogens with zero attached hydrogens (tertiary/aromatic N) is 2. The van der Waals surface area contributed by atoms with Gasteiger partial charge in [-0.3, -0.25) is 9.89 Å². The molecule has 0 aromatic heterocycles. The largest absolute Gasteiger partial charge is 0.370 e. The van der Waals surface area contributed by atoms with Gasteiger partial charge in [-0.15, -0.1) is 24.0 Å². The van der Waals surface area contributed by atoms with E-state index in [1.807, 2.05) is 0 Å². The molecule has 1 heterocycles. The van der Waals surface area contributed by atoms with Crippen molar-refractivity contribution >= 4 is 29.9 Å². The van der Waals surface area contributed by atoms with E-state index in [1.54, 1.807) is 0 Å². The number of rotatable bonds is 4. The number of nitrogens with one attached hydrogen (secondary N) is 1. The second-order valence-corrected chi connectivity index (χ2v) is 6.80. The molecule has 0 bridgehead atoms. The van der Waals surface area contributed by atoms with Crippen molar-refractivity contribution in [1.29, 1.82) is 0 Å². The van der Waals surface area contributed by atoms with Crippen molar-refractivity contribution in [1.82, 2.24) is 10.2 Å². The van der Waals surface area contributed by atoms with Crippen molar-refractivity contribution in [2.45, 2.75) is 70.9 Å². The zero-order valence-electron chi connectivity index (χ0n) is 13.7. The monoisotopic (exact) mass is 408 g/mol. The van der Waals surface area contributed by atoms with Gasteiger partial charge in [0.25, 0.3) is 0 Å². The minimum Gasteiger partial charge on any atom is -0.370 e. The number of guanidine groups is 1. The topological polar surface area (TPSA) is 53.6 Å². The van der Waals surface area contributed by atoms with E-state index in [4.69, 9.17) is 5.73 Å². The summed E-state index contributed by atoms with van der Waals surface area (Å²) >= 11 is 0. The second-order valence-electron chi connectivity index (χ2n) is 6.80. The molecular weight excluding hydrogens is 375 g/mol. The SMILES string of the molecule is CC1CCCN(C(C)CN=C(N)NC2CCCCC2)C1.I. The first-order chi connectivity index (χ1) is 9.65. The summed E-state index contributed by atoms with van der Waals surface area (Å²) in [6.07, 6.45) is 9.22. The van der Waals surface area contributed by atoms with Crippen molar-refractivity contribution in [2.75, 3.05) is 19.6 Å². The Hall–Kier alpha value is -0.0400. The fourth-order valence-corrected chi connectivity index (χ4v) is 3.47. The third-order valence-electron chi connectivity index (χ3n) is 4.79. The van der Waals surface area contributed by atoms with Crippen LogP contribution in [0.1, 0.15) is 58.8 Å². The normalized spacial score (nSPS) is 27.0. The van der Waals surface area contributed by atoms with Gasteiger partial charge in [0.15, 0.2) is 5.96 Å². The van der Waals surface area contributed by atoms with E-state index in [0.717, 1.165) is 12.5 Å². The summed E-state index contributed by atoms with van der Waals surface area (Å²) in [5.41, 5.74) is 6.03. The van der Waals surface area contributed by atoms with E-state index < -0.39 is 0 Å². The summed E-state index contributed by atoms with van der Waals surface area (Å²) in [4.78, 5) is 7.12. The van der Waals surface area contributed by atoms with Gasteiger partial charge in [-0.2, -0.15) is 0 Å². The maximum absolute atomic E-state index is 6.03. The van der Waals surface area contributed by atoms with E-state index in [9.17, 15) is 0 Å². The van der Waals surface area contributed by atoms with Crippen LogP contribution in [0.2, 0.25) is 0 Å². The van der Waals surface area contributed by atoms with Crippen molar-refractivity contribution < 1.29 is 0 Å². The first kappa shape index (κ1) is 19.0. The highest BCUT2D eigenvalue weighted by Crippen LogP contribution is 2.18. The molecule has 2 rings (SSSR count). The van der Waals surface area contributed by atoms with Crippen LogP contribution in [-0.4, -0.2) is 42.6 Å². The number of halogens is 1. The second kappa shape index (κ2) is 9.87. The van der Waals surface area contributed by atoms with Gasteiger partial charge in [-0.1, -0.05) is 26.2 Å². The fourth-order valence-electron chi connectivity index (χ4n) is 3.47. The molecule has 1 saturated carbocycles. The Morgan fingerprint density at radius 2 is 1.95 bits per heavy atom. The zero-order valence-corrected chi connectivity index (χ0v) is 16.0. The molecule has 1 aliphatic carbocycles. The van der Waals surface area contributed by atoms with Gasteiger partial charge < -0.3 is 11.1 Å². The predicted octanol–water partition coefficient (Wildman–Crippen LogP) is 2.96. The van der Waals surface area contributed by atoms with Gasteiger partial charge in [0.2, 0.25) is 0 Å². The lowest BCUT2D eigenvalue weighted by Gasteiger charge is -2.35.